The van der Waals surface area contributed by atoms with Crippen LogP contribution in [0.2, 0.25) is 0 Å². The standard InChI is InChI=1S/C13H18FNO2S/c1-18(16,17)8-2-7-13(9-15-10-13)11-3-5-12(14)6-4-11/h3-6,15H,2,7-10H2,1H3. The van der Waals surface area contributed by atoms with Crippen molar-refractivity contribution in [1.82, 2.24) is 5.32 Å². The van der Waals surface area contributed by atoms with Gasteiger partial charge in [0, 0.05) is 30.5 Å². The van der Waals surface area contributed by atoms with Crippen molar-refractivity contribution in [2.24, 2.45) is 0 Å². The first-order chi connectivity index (χ1) is 8.41. The molecule has 0 unspecified atom stereocenters. The second-order valence-corrected chi connectivity index (χ2v) is 7.38. The number of sulfone groups is 1. The zero-order chi connectivity index (χ0) is 13.2. The van der Waals surface area contributed by atoms with Crippen LogP contribution in [0.1, 0.15) is 18.4 Å². The molecule has 100 valence electrons. The number of nitrogens with one attached hydrogen (secondary N) is 1. The van der Waals surface area contributed by atoms with Crippen molar-refractivity contribution < 1.29 is 12.8 Å². The Kier molecular flexibility index (Phi) is 3.73. The summed E-state index contributed by atoms with van der Waals surface area (Å²) in [4.78, 5) is 0. The van der Waals surface area contributed by atoms with Gasteiger partial charge in [0.05, 0.1) is 0 Å². The van der Waals surface area contributed by atoms with E-state index in [4.69, 9.17) is 0 Å². The molecule has 1 aromatic rings. The van der Waals surface area contributed by atoms with Gasteiger partial charge in [-0.2, -0.15) is 0 Å². The highest BCUT2D eigenvalue weighted by Gasteiger charge is 2.38. The van der Waals surface area contributed by atoms with Crippen LogP contribution in [0.3, 0.4) is 0 Å². The van der Waals surface area contributed by atoms with Crippen LogP contribution in [0.15, 0.2) is 24.3 Å². The third-order valence-corrected chi connectivity index (χ3v) is 4.58. The van der Waals surface area contributed by atoms with E-state index < -0.39 is 9.84 Å². The van der Waals surface area contributed by atoms with Gasteiger partial charge in [-0.05, 0) is 30.5 Å². The van der Waals surface area contributed by atoms with Crippen molar-refractivity contribution in [3.05, 3.63) is 35.6 Å². The summed E-state index contributed by atoms with van der Waals surface area (Å²) in [6.07, 6.45) is 2.73. The Morgan fingerprint density at radius 2 is 1.89 bits per heavy atom. The van der Waals surface area contributed by atoms with E-state index in [0.29, 0.717) is 6.42 Å². The monoisotopic (exact) mass is 271 g/mol. The van der Waals surface area contributed by atoms with Crippen molar-refractivity contribution in [2.75, 3.05) is 25.1 Å². The molecule has 1 N–H and O–H groups in total. The smallest absolute Gasteiger partial charge is 0.147 e. The van der Waals surface area contributed by atoms with E-state index in [-0.39, 0.29) is 17.0 Å². The van der Waals surface area contributed by atoms with Gasteiger partial charge >= 0.3 is 0 Å². The summed E-state index contributed by atoms with van der Waals surface area (Å²) in [5.41, 5.74) is 1.08. The summed E-state index contributed by atoms with van der Waals surface area (Å²) >= 11 is 0. The minimum atomic E-state index is -2.90. The molecule has 0 atom stereocenters. The van der Waals surface area contributed by atoms with E-state index in [1.54, 1.807) is 12.1 Å². The van der Waals surface area contributed by atoms with Crippen molar-refractivity contribution in [1.29, 1.82) is 0 Å². The van der Waals surface area contributed by atoms with Crippen molar-refractivity contribution >= 4 is 9.84 Å². The Bertz CT molecular complexity index is 506. The molecular weight excluding hydrogens is 253 g/mol. The van der Waals surface area contributed by atoms with Gasteiger partial charge in [-0.1, -0.05) is 12.1 Å². The highest BCUT2D eigenvalue weighted by molar-refractivity contribution is 7.90. The largest absolute Gasteiger partial charge is 0.315 e. The number of benzene rings is 1. The lowest BCUT2D eigenvalue weighted by Crippen LogP contribution is -2.56. The highest BCUT2D eigenvalue weighted by Crippen LogP contribution is 2.33. The highest BCUT2D eigenvalue weighted by atomic mass is 32.2. The summed E-state index contributed by atoms with van der Waals surface area (Å²) < 4.78 is 35.2. The third kappa shape index (κ3) is 3.09. The van der Waals surface area contributed by atoms with Crippen molar-refractivity contribution in [2.45, 2.75) is 18.3 Å². The van der Waals surface area contributed by atoms with Crippen LogP contribution in [0.5, 0.6) is 0 Å². The van der Waals surface area contributed by atoms with Crippen LogP contribution < -0.4 is 5.32 Å². The molecule has 1 saturated heterocycles. The predicted octanol–water partition coefficient (Wildman–Crippen LogP) is 1.49. The maximum absolute atomic E-state index is 12.9. The molecule has 2 rings (SSSR count). The topological polar surface area (TPSA) is 46.2 Å². The van der Waals surface area contributed by atoms with Gasteiger partial charge in [0.25, 0.3) is 0 Å². The second kappa shape index (κ2) is 4.97. The third-order valence-electron chi connectivity index (χ3n) is 3.55. The molecule has 1 aliphatic heterocycles. The first-order valence-electron chi connectivity index (χ1n) is 6.06. The molecule has 0 aliphatic carbocycles. The minimum absolute atomic E-state index is 0.0155. The Balaban J connectivity index is 2.04. The SMILES string of the molecule is CS(=O)(=O)CCCC1(c2ccc(F)cc2)CNC1. The van der Waals surface area contributed by atoms with Gasteiger partial charge in [-0.25, -0.2) is 12.8 Å². The van der Waals surface area contributed by atoms with E-state index in [1.807, 2.05) is 0 Å². The molecule has 0 aromatic heterocycles. The van der Waals surface area contributed by atoms with Crippen LogP contribution in [0.25, 0.3) is 0 Å². The van der Waals surface area contributed by atoms with Gasteiger partial charge in [0.15, 0.2) is 0 Å². The van der Waals surface area contributed by atoms with Gasteiger partial charge in [0.2, 0.25) is 0 Å². The van der Waals surface area contributed by atoms with E-state index >= 15 is 0 Å². The van der Waals surface area contributed by atoms with Crippen LogP contribution >= 0.6 is 0 Å². The van der Waals surface area contributed by atoms with E-state index in [2.05, 4.69) is 5.32 Å². The molecule has 1 fully saturated rings. The lowest BCUT2D eigenvalue weighted by molar-refractivity contribution is 0.256. The first-order valence-corrected chi connectivity index (χ1v) is 8.12. The number of halogens is 1. The zero-order valence-corrected chi connectivity index (χ0v) is 11.3. The van der Waals surface area contributed by atoms with E-state index in [1.165, 1.54) is 18.4 Å². The average molecular weight is 271 g/mol. The Morgan fingerprint density at radius 1 is 1.28 bits per heavy atom. The summed E-state index contributed by atoms with van der Waals surface area (Å²) in [6, 6.07) is 6.53. The molecule has 0 spiro atoms. The Hall–Kier alpha value is -0.940. The molecular formula is C13H18FNO2S. The summed E-state index contributed by atoms with van der Waals surface area (Å²) in [7, 11) is -2.90. The molecule has 18 heavy (non-hydrogen) atoms. The normalized spacial score (nSPS) is 18.3. The molecule has 0 amide bonds. The average Bonchev–Trinajstić information content (AvgIpc) is 2.22. The molecule has 5 heteroatoms. The molecule has 0 saturated carbocycles. The molecule has 0 bridgehead atoms. The lowest BCUT2D eigenvalue weighted by Gasteiger charge is -2.43. The number of hydrogen-bond acceptors (Lipinski definition) is 3. The maximum Gasteiger partial charge on any atom is 0.147 e. The van der Waals surface area contributed by atoms with Gasteiger partial charge in [-0.3, -0.25) is 0 Å². The number of rotatable bonds is 5. The summed E-state index contributed by atoms with van der Waals surface area (Å²) in [5.74, 6) is -0.0204. The van der Waals surface area contributed by atoms with Crippen LogP contribution in [0, 0.1) is 5.82 Å². The predicted molar refractivity (Wildman–Crippen MR) is 69.9 cm³/mol. The fourth-order valence-corrected chi connectivity index (χ4v) is 3.10. The Morgan fingerprint density at radius 3 is 2.33 bits per heavy atom. The minimum Gasteiger partial charge on any atom is -0.315 e. The molecule has 1 aliphatic rings. The van der Waals surface area contributed by atoms with Gasteiger partial charge < -0.3 is 5.32 Å². The van der Waals surface area contributed by atoms with E-state index in [9.17, 15) is 12.8 Å². The molecule has 1 heterocycles. The second-order valence-electron chi connectivity index (χ2n) is 5.12. The first kappa shape index (κ1) is 13.5. The van der Waals surface area contributed by atoms with Crippen LogP contribution in [-0.2, 0) is 15.3 Å². The molecule has 1 aromatic carbocycles. The van der Waals surface area contributed by atoms with Crippen molar-refractivity contribution in [3.63, 3.8) is 0 Å². The summed E-state index contributed by atoms with van der Waals surface area (Å²) in [6.45, 7) is 1.67. The Labute approximate surface area is 107 Å². The lowest BCUT2D eigenvalue weighted by atomic mass is 9.72. The van der Waals surface area contributed by atoms with Gasteiger partial charge in [0.1, 0.15) is 15.7 Å². The zero-order valence-electron chi connectivity index (χ0n) is 10.4. The fourth-order valence-electron chi connectivity index (χ4n) is 2.43. The van der Waals surface area contributed by atoms with Gasteiger partial charge in [-0.15, -0.1) is 0 Å². The van der Waals surface area contributed by atoms with E-state index in [0.717, 1.165) is 25.1 Å². The quantitative estimate of drug-likeness (QED) is 0.882. The fraction of sp³-hybridized carbons (Fsp3) is 0.538. The molecule has 0 radical (unpaired) electrons. The number of hydrogen-bond donors (Lipinski definition) is 1. The maximum atomic E-state index is 12.9. The summed E-state index contributed by atoms with van der Waals surface area (Å²) in [5, 5.41) is 3.22. The van der Waals surface area contributed by atoms with Crippen LogP contribution in [-0.4, -0.2) is 33.5 Å². The van der Waals surface area contributed by atoms with Crippen LogP contribution in [0.4, 0.5) is 4.39 Å². The molecule has 3 nitrogen and oxygen atoms in total. The van der Waals surface area contributed by atoms with Crippen molar-refractivity contribution in [3.8, 4) is 0 Å².